The molecule has 0 radical (unpaired) electrons. The molecule has 0 saturated carbocycles. The van der Waals surface area contributed by atoms with Crippen LogP contribution < -0.4 is 0 Å². The van der Waals surface area contributed by atoms with E-state index in [1.807, 2.05) is 23.2 Å². The molecule has 1 spiro atoms. The lowest BCUT2D eigenvalue weighted by atomic mass is 9.87. The molecule has 0 aliphatic carbocycles. The quantitative estimate of drug-likeness (QED) is 0.907. The molecule has 4 heterocycles. The lowest BCUT2D eigenvalue weighted by molar-refractivity contribution is -0.135. The normalized spacial score (nSPS) is 25.6. The average Bonchev–Trinajstić information content (AvgIpc) is 3.43. The highest BCUT2D eigenvalue weighted by atomic mass is 16.5. The first-order chi connectivity index (χ1) is 13.2. The molecule has 1 atom stereocenters. The Balaban J connectivity index is 1.19. The van der Waals surface area contributed by atoms with Gasteiger partial charge in [-0.15, -0.1) is 0 Å². The number of piperidine rings is 1. The minimum absolute atomic E-state index is 0.0187. The van der Waals surface area contributed by atoms with Gasteiger partial charge in [0.2, 0.25) is 5.91 Å². The lowest BCUT2D eigenvalue weighted by Gasteiger charge is -2.39. The highest BCUT2D eigenvalue weighted by Gasteiger charge is 2.45. The van der Waals surface area contributed by atoms with Gasteiger partial charge in [0.15, 0.2) is 0 Å². The van der Waals surface area contributed by atoms with Gasteiger partial charge in [-0.1, -0.05) is 18.2 Å². The van der Waals surface area contributed by atoms with Crippen molar-refractivity contribution in [3.05, 3.63) is 36.0 Å². The summed E-state index contributed by atoms with van der Waals surface area (Å²) in [5.74, 6) is 0.240. The van der Waals surface area contributed by atoms with E-state index in [0.717, 1.165) is 55.4 Å². The number of hydrogen-bond donors (Lipinski definition) is 1. The zero-order valence-corrected chi connectivity index (χ0v) is 16.0. The van der Waals surface area contributed by atoms with Crippen molar-refractivity contribution in [3.63, 3.8) is 0 Å². The summed E-state index contributed by atoms with van der Waals surface area (Å²) in [5.41, 5.74) is 2.22. The van der Waals surface area contributed by atoms with Crippen molar-refractivity contribution in [1.29, 1.82) is 0 Å². The standard InChI is InChI=1S/C22H29N3O2/c26-21(13-17-15-23-20-6-2-1-5-19(17)20)25-11-7-22(8-12-25)14-18(16-27-22)24-9-3-4-10-24/h1-2,5-6,15,18,23H,3-4,7-14,16H2. The first kappa shape index (κ1) is 17.3. The van der Waals surface area contributed by atoms with Crippen LogP contribution in [0.5, 0.6) is 0 Å². The van der Waals surface area contributed by atoms with E-state index >= 15 is 0 Å². The van der Waals surface area contributed by atoms with Gasteiger partial charge in [0, 0.05) is 36.2 Å². The first-order valence-corrected chi connectivity index (χ1v) is 10.4. The summed E-state index contributed by atoms with van der Waals surface area (Å²) in [5, 5.41) is 1.16. The molecule has 5 heteroatoms. The maximum absolute atomic E-state index is 12.8. The number of H-pyrrole nitrogens is 1. The fourth-order valence-electron chi connectivity index (χ4n) is 5.23. The second kappa shape index (κ2) is 6.95. The van der Waals surface area contributed by atoms with E-state index in [9.17, 15) is 4.79 Å². The lowest BCUT2D eigenvalue weighted by Crippen LogP contribution is -2.47. The molecule has 3 aliphatic heterocycles. The number of amides is 1. The largest absolute Gasteiger partial charge is 0.373 e. The molecule has 5 nitrogen and oxygen atoms in total. The molecule has 3 fully saturated rings. The number of carbonyl (C=O) groups is 1. The van der Waals surface area contributed by atoms with Crippen LogP contribution in [0, 0.1) is 0 Å². The van der Waals surface area contributed by atoms with Gasteiger partial charge in [0.1, 0.15) is 0 Å². The summed E-state index contributed by atoms with van der Waals surface area (Å²) in [7, 11) is 0. The Kier molecular flexibility index (Phi) is 4.44. The van der Waals surface area contributed by atoms with E-state index in [4.69, 9.17) is 4.74 Å². The number of ether oxygens (including phenoxy) is 1. The topological polar surface area (TPSA) is 48.6 Å². The van der Waals surface area contributed by atoms with Crippen molar-refractivity contribution in [3.8, 4) is 0 Å². The smallest absolute Gasteiger partial charge is 0.227 e. The Morgan fingerprint density at radius 2 is 1.93 bits per heavy atom. The van der Waals surface area contributed by atoms with Crippen LogP contribution in [0.25, 0.3) is 10.9 Å². The van der Waals surface area contributed by atoms with Gasteiger partial charge >= 0.3 is 0 Å². The third kappa shape index (κ3) is 3.27. The van der Waals surface area contributed by atoms with Crippen molar-refractivity contribution < 1.29 is 9.53 Å². The van der Waals surface area contributed by atoms with Gasteiger partial charge in [0.25, 0.3) is 0 Å². The third-order valence-corrected chi connectivity index (χ3v) is 6.89. The molecular formula is C22H29N3O2. The predicted octanol–water partition coefficient (Wildman–Crippen LogP) is 2.96. The van der Waals surface area contributed by atoms with E-state index in [1.165, 1.54) is 25.9 Å². The highest BCUT2D eigenvalue weighted by molar-refractivity contribution is 5.88. The molecule has 1 N–H and O–H groups in total. The number of aromatic amines is 1. The van der Waals surface area contributed by atoms with Gasteiger partial charge in [0.05, 0.1) is 18.6 Å². The van der Waals surface area contributed by atoms with Gasteiger partial charge < -0.3 is 14.6 Å². The van der Waals surface area contributed by atoms with Crippen LogP contribution in [-0.2, 0) is 16.0 Å². The van der Waals surface area contributed by atoms with Crippen molar-refractivity contribution in [2.75, 3.05) is 32.8 Å². The Hall–Kier alpha value is -1.85. The van der Waals surface area contributed by atoms with E-state index < -0.39 is 0 Å². The van der Waals surface area contributed by atoms with E-state index in [2.05, 4.69) is 22.0 Å². The molecule has 144 valence electrons. The molecule has 3 saturated heterocycles. The van der Waals surface area contributed by atoms with Crippen LogP contribution in [0.4, 0.5) is 0 Å². The Labute approximate surface area is 160 Å². The second-order valence-electron chi connectivity index (χ2n) is 8.51. The summed E-state index contributed by atoms with van der Waals surface area (Å²) in [4.78, 5) is 20.8. The Morgan fingerprint density at radius 1 is 1.15 bits per heavy atom. The summed E-state index contributed by atoms with van der Waals surface area (Å²) < 4.78 is 6.31. The number of rotatable bonds is 3. The number of hydrogen-bond acceptors (Lipinski definition) is 3. The summed E-state index contributed by atoms with van der Waals surface area (Å²) in [6.07, 6.45) is 8.24. The van der Waals surface area contributed by atoms with E-state index in [-0.39, 0.29) is 11.5 Å². The molecular weight excluding hydrogens is 338 g/mol. The van der Waals surface area contributed by atoms with E-state index in [0.29, 0.717) is 12.5 Å². The predicted molar refractivity (Wildman–Crippen MR) is 106 cm³/mol. The maximum atomic E-state index is 12.8. The highest BCUT2D eigenvalue weighted by Crippen LogP contribution is 2.38. The zero-order chi connectivity index (χ0) is 18.3. The Morgan fingerprint density at radius 3 is 2.74 bits per heavy atom. The molecule has 3 aliphatic rings. The molecule has 2 aromatic rings. The van der Waals surface area contributed by atoms with Gasteiger partial charge in [-0.25, -0.2) is 0 Å². The number of aromatic nitrogens is 1. The average molecular weight is 367 g/mol. The summed E-state index contributed by atoms with van der Waals surface area (Å²) >= 11 is 0. The Bertz CT molecular complexity index is 816. The van der Waals surface area contributed by atoms with Gasteiger partial charge in [-0.3, -0.25) is 9.69 Å². The van der Waals surface area contributed by atoms with Crippen LogP contribution >= 0.6 is 0 Å². The minimum atomic E-state index is 0.0187. The minimum Gasteiger partial charge on any atom is -0.373 e. The monoisotopic (exact) mass is 367 g/mol. The second-order valence-corrected chi connectivity index (χ2v) is 8.51. The summed E-state index contributed by atoms with van der Waals surface area (Å²) in [6.45, 7) is 5.00. The number of benzene rings is 1. The number of nitrogens with one attached hydrogen (secondary N) is 1. The fourth-order valence-corrected chi connectivity index (χ4v) is 5.23. The maximum Gasteiger partial charge on any atom is 0.227 e. The molecule has 1 amide bonds. The number of nitrogens with zero attached hydrogens (tertiary/aromatic N) is 2. The summed E-state index contributed by atoms with van der Waals surface area (Å²) in [6, 6.07) is 8.79. The van der Waals surface area contributed by atoms with Gasteiger partial charge in [-0.05, 0) is 56.8 Å². The zero-order valence-electron chi connectivity index (χ0n) is 16.0. The molecule has 5 rings (SSSR count). The SMILES string of the molecule is O=C(Cc1c[nH]c2ccccc12)N1CCC2(CC1)CC(N1CCCC1)CO2. The fraction of sp³-hybridized carbons (Fsp3) is 0.591. The molecule has 0 bridgehead atoms. The van der Waals surface area contributed by atoms with Crippen molar-refractivity contribution in [2.45, 2.75) is 50.2 Å². The molecule has 1 aromatic carbocycles. The number of para-hydroxylation sites is 1. The van der Waals surface area contributed by atoms with Crippen LogP contribution in [0.3, 0.4) is 0 Å². The number of fused-ring (bicyclic) bond motifs is 1. The van der Waals surface area contributed by atoms with Crippen LogP contribution in [0.2, 0.25) is 0 Å². The van der Waals surface area contributed by atoms with Crippen molar-refractivity contribution in [2.24, 2.45) is 0 Å². The van der Waals surface area contributed by atoms with Gasteiger partial charge in [-0.2, -0.15) is 0 Å². The molecule has 1 unspecified atom stereocenters. The van der Waals surface area contributed by atoms with Crippen LogP contribution in [0.1, 0.15) is 37.7 Å². The number of likely N-dealkylation sites (tertiary alicyclic amines) is 2. The third-order valence-electron chi connectivity index (χ3n) is 6.89. The molecule has 27 heavy (non-hydrogen) atoms. The first-order valence-electron chi connectivity index (χ1n) is 10.4. The van der Waals surface area contributed by atoms with Crippen molar-refractivity contribution >= 4 is 16.8 Å². The van der Waals surface area contributed by atoms with Crippen LogP contribution in [-0.4, -0.2) is 65.1 Å². The molecule has 1 aromatic heterocycles. The number of carbonyl (C=O) groups excluding carboxylic acids is 1. The van der Waals surface area contributed by atoms with Crippen molar-refractivity contribution in [1.82, 2.24) is 14.8 Å². The van der Waals surface area contributed by atoms with E-state index in [1.54, 1.807) is 0 Å². The van der Waals surface area contributed by atoms with Crippen LogP contribution in [0.15, 0.2) is 30.5 Å².